The summed E-state index contributed by atoms with van der Waals surface area (Å²) in [5, 5.41) is 9.08. The SMILES string of the molecule is Cc1ccc2c(c1)N(Cc1ccc(C(C)C)cc1)C(=O)C(CC(=O)O)O2. The van der Waals surface area contributed by atoms with Crippen LogP contribution in [0.1, 0.15) is 42.9 Å². The molecule has 0 radical (unpaired) electrons. The molecule has 1 unspecified atom stereocenters. The average Bonchev–Trinajstić information content (AvgIpc) is 2.59. The van der Waals surface area contributed by atoms with Crippen molar-refractivity contribution < 1.29 is 19.4 Å². The van der Waals surface area contributed by atoms with Crippen LogP contribution in [0.25, 0.3) is 0 Å². The van der Waals surface area contributed by atoms with E-state index in [-0.39, 0.29) is 12.3 Å². The van der Waals surface area contributed by atoms with Crippen LogP contribution in [0.15, 0.2) is 42.5 Å². The Labute approximate surface area is 153 Å². The molecular weight excluding hydrogens is 330 g/mol. The van der Waals surface area contributed by atoms with E-state index >= 15 is 0 Å². The van der Waals surface area contributed by atoms with E-state index in [9.17, 15) is 9.59 Å². The van der Waals surface area contributed by atoms with Crippen LogP contribution in [0.3, 0.4) is 0 Å². The Bertz CT molecular complexity index is 826. The van der Waals surface area contributed by atoms with Gasteiger partial charge in [0.2, 0.25) is 0 Å². The molecule has 2 aromatic carbocycles. The average molecular weight is 353 g/mol. The lowest BCUT2D eigenvalue weighted by molar-refractivity contribution is -0.142. The summed E-state index contributed by atoms with van der Waals surface area (Å²) < 4.78 is 5.66. The first-order valence-corrected chi connectivity index (χ1v) is 8.74. The fourth-order valence-corrected chi connectivity index (χ4v) is 3.08. The Kier molecular flexibility index (Phi) is 4.98. The van der Waals surface area contributed by atoms with Crippen molar-refractivity contribution in [2.24, 2.45) is 0 Å². The van der Waals surface area contributed by atoms with E-state index in [0.29, 0.717) is 23.9 Å². The number of carboxylic acids is 1. The summed E-state index contributed by atoms with van der Waals surface area (Å²) in [6.07, 6.45) is -1.35. The Balaban J connectivity index is 1.93. The fraction of sp³-hybridized carbons (Fsp3) is 0.333. The maximum atomic E-state index is 12.9. The van der Waals surface area contributed by atoms with Gasteiger partial charge in [-0.05, 0) is 41.7 Å². The van der Waals surface area contributed by atoms with Crippen LogP contribution < -0.4 is 9.64 Å². The normalized spacial score (nSPS) is 16.4. The minimum atomic E-state index is -1.06. The first kappa shape index (κ1) is 18.0. The van der Waals surface area contributed by atoms with Crippen molar-refractivity contribution in [1.82, 2.24) is 0 Å². The predicted molar refractivity (Wildman–Crippen MR) is 99.6 cm³/mol. The van der Waals surface area contributed by atoms with Crippen LogP contribution in [0.5, 0.6) is 5.75 Å². The minimum absolute atomic E-state index is 0.321. The van der Waals surface area contributed by atoms with Gasteiger partial charge in [0.1, 0.15) is 5.75 Å². The Morgan fingerprint density at radius 3 is 2.50 bits per heavy atom. The molecule has 136 valence electrons. The van der Waals surface area contributed by atoms with E-state index in [4.69, 9.17) is 9.84 Å². The minimum Gasteiger partial charge on any atom is -0.481 e. The molecule has 0 spiro atoms. The molecule has 1 aliphatic rings. The van der Waals surface area contributed by atoms with Crippen LogP contribution in [0.4, 0.5) is 5.69 Å². The molecule has 1 N–H and O–H groups in total. The van der Waals surface area contributed by atoms with Crippen molar-refractivity contribution in [2.45, 2.75) is 45.8 Å². The smallest absolute Gasteiger partial charge is 0.307 e. The first-order chi connectivity index (χ1) is 12.3. The summed E-state index contributed by atoms with van der Waals surface area (Å²) in [4.78, 5) is 25.6. The van der Waals surface area contributed by atoms with Gasteiger partial charge in [0.25, 0.3) is 5.91 Å². The first-order valence-electron chi connectivity index (χ1n) is 8.74. The third-order valence-corrected chi connectivity index (χ3v) is 4.56. The third-order valence-electron chi connectivity index (χ3n) is 4.56. The zero-order valence-corrected chi connectivity index (χ0v) is 15.2. The molecule has 3 rings (SSSR count). The number of fused-ring (bicyclic) bond motifs is 1. The molecule has 5 nitrogen and oxygen atoms in total. The number of amides is 1. The second-order valence-electron chi connectivity index (χ2n) is 7.00. The molecule has 0 saturated heterocycles. The lowest BCUT2D eigenvalue weighted by Crippen LogP contribution is -2.46. The number of nitrogens with zero attached hydrogens (tertiary/aromatic N) is 1. The van der Waals surface area contributed by atoms with Crippen LogP contribution >= 0.6 is 0 Å². The maximum Gasteiger partial charge on any atom is 0.307 e. The quantitative estimate of drug-likeness (QED) is 0.886. The molecule has 1 atom stereocenters. The molecule has 0 bridgehead atoms. The van der Waals surface area contributed by atoms with Gasteiger partial charge in [-0.2, -0.15) is 0 Å². The van der Waals surface area contributed by atoms with Gasteiger partial charge < -0.3 is 14.7 Å². The highest BCUT2D eigenvalue weighted by atomic mass is 16.5. The molecule has 26 heavy (non-hydrogen) atoms. The summed E-state index contributed by atoms with van der Waals surface area (Å²) in [6, 6.07) is 13.7. The summed E-state index contributed by atoms with van der Waals surface area (Å²) in [5.41, 5.74) is 3.93. The molecule has 0 aromatic heterocycles. The van der Waals surface area contributed by atoms with Crippen molar-refractivity contribution >= 4 is 17.6 Å². The van der Waals surface area contributed by atoms with E-state index < -0.39 is 12.1 Å². The van der Waals surface area contributed by atoms with Crippen LogP contribution in [-0.2, 0) is 16.1 Å². The van der Waals surface area contributed by atoms with Gasteiger partial charge in [-0.15, -0.1) is 0 Å². The van der Waals surface area contributed by atoms with Gasteiger partial charge in [-0.1, -0.05) is 44.2 Å². The monoisotopic (exact) mass is 353 g/mol. The fourth-order valence-electron chi connectivity index (χ4n) is 3.08. The van der Waals surface area contributed by atoms with Crippen LogP contribution in [0, 0.1) is 6.92 Å². The predicted octanol–water partition coefficient (Wildman–Crippen LogP) is 3.89. The summed E-state index contributed by atoms with van der Waals surface area (Å²) in [7, 11) is 0. The standard InChI is InChI=1S/C21H23NO4/c1-13(2)16-7-5-15(6-8-16)12-22-17-10-14(3)4-9-18(17)26-19(21(22)25)11-20(23)24/h4-10,13,19H,11-12H2,1-3H3,(H,23,24). The summed E-state index contributed by atoms with van der Waals surface area (Å²) in [5.74, 6) is -0.392. The number of carbonyl (C=O) groups is 2. The number of carboxylic acid groups (broad SMARTS) is 1. The van der Waals surface area contributed by atoms with Crippen molar-refractivity contribution in [3.63, 3.8) is 0 Å². The maximum absolute atomic E-state index is 12.9. The highest BCUT2D eigenvalue weighted by molar-refractivity contribution is 6.01. The van der Waals surface area contributed by atoms with E-state index in [1.54, 1.807) is 11.0 Å². The van der Waals surface area contributed by atoms with Gasteiger partial charge >= 0.3 is 5.97 Å². The number of carbonyl (C=O) groups excluding carboxylic acids is 1. The molecule has 0 saturated carbocycles. The Morgan fingerprint density at radius 2 is 1.88 bits per heavy atom. The molecule has 5 heteroatoms. The third kappa shape index (κ3) is 3.72. The highest BCUT2D eigenvalue weighted by Crippen LogP contribution is 2.36. The molecule has 2 aromatic rings. The molecule has 0 aliphatic carbocycles. The lowest BCUT2D eigenvalue weighted by Gasteiger charge is -2.34. The van der Waals surface area contributed by atoms with Gasteiger partial charge in [0.05, 0.1) is 18.7 Å². The van der Waals surface area contributed by atoms with E-state index in [0.717, 1.165) is 11.1 Å². The second kappa shape index (κ2) is 7.20. The van der Waals surface area contributed by atoms with Crippen molar-refractivity contribution in [2.75, 3.05) is 4.90 Å². The number of rotatable bonds is 5. The number of benzene rings is 2. The molecular formula is C21H23NO4. The number of anilines is 1. The number of hydrogen-bond donors (Lipinski definition) is 1. The number of aliphatic carboxylic acids is 1. The largest absolute Gasteiger partial charge is 0.481 e. The van der Waals surface area contributed by atoms with Crippen LogP contribution in [-0.4, -0.2) is 23.1 Å². The van der Waals surface area contributed by atoms with Crippen LogP contribution in [0.2, 0.25) is 0 Å². The van der Waals surface area contributed by atoms with E-state index in [1.165, 1.54) is 5.56 Å². The second-order valence-corrected chi connectivity index (χ2v) is 7.00. The molecule has 1 aliphatic heterocycles. The number of ether oxygens (including phenoxy) is 1. The van der Waals surface area contributed by atoms with Crippen molar-refractivity contribution in [3.05, 3.63) is 59.2 Å². The van der Waals surface area contributed by atoms with E-state index in [2.05, 4.69) is 26.0 Å². The molecule has 0 fully saturated rings. The van der Waals surface area contributed by atoms with E-state index in [1.807, 2.05) is 31.2 Å². The van der Waals surface area contributed by atoms with Gasteiger partial charge in [-0.25, -0.2) is 0 Å². The van der Waals surface area contributed by atoms with Crippen molar-refractivity contribution in [1.29, 1.82) is 0 Å². The topological polar surface area (TPSA) is 66.8 Å². The zero-order valence-electron chi connectivity index (χ0n) is 15.2. The van der Waals surface area contributed by atoms with Gasteiger partial charge in [-0.3, -0.25) is 9.59 Å². The number of hydrogen-bond acceptors (Lipinski definition) is 3. The number of aryl methyl sites for hydroxylation is 1. The molecule has 1 amide bonds. The van der Waals surface area contributed by atoms with Gasteiger partial charge in [0.15, 0.2) is 6.10 Å². The Morgan fingerprint density at radius 1 is 1.19 bits per heavy atom. The van der Waals surface area contributed by atoms with Gasteiger partial charge in [0, 0.05) is 0 Å². The summed E-state index contributed by atoms with van der Waals surface area (Å²) >= 11 is 0. The summed E-state index contributed by atoms with van der Waals surface area (Å²) in [6.45, 7) is 6.60. The highest BCUT2D eigenvalue weighted by Gasteiger charge is 2.35. The zero-order chi connectivity index (χ0) is 18.8. The lowest BCUT2D eigenvalue weighted by atomic mass is 10.0. The Hall–Kier alpha value is -2.82. The van der Waals surface area contributed by atoms with Crippen molar-refractivity contribution in [3.8, 4) is 5.75 Å². The molecule has 1 heterocycles.